The van der Waals surface area contributed by atoms with Gasteiger partial charge in [0.05, 0.1) is 5.88 Å². The number of benzene rings is 1. The molecular formula is C12H12ClNO3. The molecule has 0 bridgehead atoms. The van der Waals surface area contributed by atoms with Crippen molar-refractivity contribution in [2.75, 3.05) is 12.5 Å². The van der Waals surface area contributed by atoms with Crippen LogP contribution in [0.3, 0.4) is 0 Å². The molecule has 5 heteroatoms. The Labute approximate surface area is 104 Å². The van der Waals surface area contributed by atoms with Crippen molar-refractivity contribution in [2.45, 2.75) is 0 Å². The van der Waals surface area contributed by atoms with E-state index in [-0.39, 0.29) is 18.2 Å². The van der Waals surface area contributed by atoms with Gasteiger partial charge >= 0.3 is 5.97 Å². The number of nitrogens with zero attached hydrogens (tertiary/aromatic N) is 1. The maximum atomic E-state index is 10.5. The summed E-state index contributed by atoms with van der Waals surface area (Å²) in [5.41, 5.74) is 0.829. The molecule has 1 aromatic carbocycles. The van der Waals surface area contributed by atoms with Gasteiger partial charge < -0.3 is 9.94 Å². The van der Waals surface area contributed by atoms with Crippen LogP contribution < -0.4 is 0 Å². The number of aliphatic carboxylic acids is 1. The van der Waals surface area contributed by atoms with E-state index in [1.54, 1.807) is 6.08 Å². The summed E-state index contributed by atoms with van der Waals surface area (Å²) in [4.78, 5) is 15.3. The molecule has 0 aliphatic heterocycles. The van der Waals surface area contributed by atoms with Gasteiger partial charge in [-0.3, -0.25) is 0 Å². The highest BCUT2D eigenvalue weighted by atomic mass is 35.5. The summed E-state index contributed by atoms with van der Waals surface area (Å²) in [5, 5.41) is 12.0. The third-order valence-corrected chi connectivity index (χ3v) is 2.08. The first-order valence-corrected chi connectivity index (χ1v) is 5.47. The van der Waals surface area contributed by atoms with Crippen molar-refractivity contribution in [3.63, 3.8) is 0 Å². The van der Waals surface area contributed by atoms with Crippen molar-refractivity contribution < 1.29 is 14.7 Å². The van der Waals surface area contributed by atoms with Gasteiger partial charge in [0.25, 0.3) is 0 Å². The molecule has 90 valence electrons. The van der Waals surface area contributed by atoms with Crippen molar-refractivity contribution in [2.24, 2.45) is 5.16 Å². The fraction of sp³-hybridized carbons (Fsp3) is 0.167. The second kappa shape index (κ2) is 7.46. The van der Waals surface area contributed by atoms with Crippen LogP contribution in [0, 0.1) is 0 Å². The number of halogens is 1. The Morgan fingerprint density at radius 3 is 2.71 bits per heavy atom. The molecule has 0 aliphatic carbocycles. The first-order valence-electron chi connectivity index (χ1n) is 4.93. The summed E-state index contributed by atoms with van der Waals surface area (Å²) in [6, 6.07) is 9.67. The van der Waals surface area contributed by atoms with E-state index in [9.17, 15) is 4.79 Å². The van der Waals surface area contributed by atoms with E-state index in [1.807, 2.05) is 36.4 Å². The van der Waals surface area contributed by atoms with Crippen LogP contribution in [-0.4, -0.2) is 29.3 Å². The Bertz CT molecular complexity index is 415. The largest absolute Gasteiger partial charge is 0.477 e. The lowest BCUT2D eigenvalue weighted by atomic mass is 10.2. The van der Waals surface area contributed by atoms with E-state index >= 15 is 0 Å². The van der Waals surface area contributed by atoms with Crippen LogP contribution in [0.5, 0.6) is 0 Å². The Hall–Kier alpha value is -1.81. The first kappa shape index (κ1) is 13.3. The predicted molar refractivity (Wildman–Crippen MR) is 67.2 cm³/mol. The van der Waals surface area contributed by atoms with Gasteiger partial charge in [-0.15, -0.1) is 11.6 Å². The van der Waals surface area contributed by atoms with Crippen molar-refractivity contribution in [1.29, 1.82) is 0 Å². The van der Waals surface area contributed by atoms with Gasteiger partial charge in [-0.05, 0) is 11.6 Å². The number of rotatable bonds is 6. The minimum atomic E-state index is -1.17. The molecule has 4 nitrogen and oxygen atoms in total. The van der Waals surface area contributed by atoms with Gasteiger partial charge in [-0.2, -0.15) is 0 Å². The van der Waals surface area contributed by atoms with Crippen LogP contribution >= 0.6 is 11.6 Å². The first-order chi connectivity index (χ1) is 8.24. The number of alkyl halides is 1. The maximum absolute atomic E-state index is 10.5. The molecule has 0 aromatic heterocycles. The fourth-order valence-corrected chi connectivity index (χ4v) is 1.19. The molecule has 0 fully saturated rings. The van der Waals surface area contributed by atoms with Gasteiger partial charge in [-0.1, -0.05) is 41.6 Å². The third kappa shape index (κ3) is 5.17. The number of hydrogen-bond donors (Lipinski definition) is 1. The van der Waals surface area contributed by atoms with Crippen molar-refractivity contribution >= 4 is 29.4 Å². The average molecular weight is 254 g/mol. The zero-order valence-corrected chi connectivity index (χ0v) is 9.80. The molecule has 0 aliphatic rings. The van der Waals surface area contributed by atoms with E-state index in [1.165, 1.54) is 0 Å². The lowest BCUT2D eigenvalue weighted by molar-refractivity contribution is -0.129. The van der Waals surface area contributed by atoms with Crippen molar-refractivity contribution in [3.8, 4) is 0 Å². The lowest BCUT2D eigenvalue weighted by Gasteiger charge is -1.96. The zero-order chi connectivity index (χ0) is 12.5. The van der Waals surface area contributed by atoms with E-state index in [0.717, 1.165) is 5.56 Å². The van der Waals surface area contributed by atoms with Crippen LogP contribution in [0.2, 0.25) is 0 Å². The standard InChI is InChI=1S/C12H12ClNO3/c13-9-11(12(15)16)14-17-8-4-7-10-5-2-1-3-6-10/h1-7H,8-9H2,(H,15,16). The summed E-state index contributed by atoms with van der Waals surface area (Å²) in [6.07, 6.45) is 3.60. The van der Waals surface area contributed by atoms with Crippen molar-refractivity contribution in [1.82, 2.24) is 0 Å². The molecule has 0 saturated carbocycles. The zero-order valence-electron chi connectivity index (χ0n) is 9.04. The second-order valence-electron chi connectivity index (χ2n) is 3.09. The number of hydrogen-bond acceptors (Lipinski definition) is 3. The van der Waals surface area contributed by atoms with Gasteiger partial charge in [0.1, 0.15) is 6.61 Å². The minimum Gasteiger partial charge on any atom is -0.477 e. The molecular weight excluding hydrogens is 242 g/mol. The topological polar surface area (TPSA) is 58.9 Å². The molecule has 1 aromatic rings. The Kier molecular flexibility index (Phi) is 5.82. The third-order valence-electron chi connectivity index (χ3n) is 1.83. The SMILES string of the molecule is O=C(O)C(CCl)=NOCC=Cc1ccccc1. The second-order valence-corrected chi connectivity index (χ2v) is 3.35. The highest BCUT2D eigenvalue weighted by molar-refractivity contribution is 6.46. The summed E-state index contributed by atoms with van der Waals surface area (Å²) in [7, 11) is 0. The Morgan fingerprint density at radius 2 is 2.12 bits per heavy atom. The van der Waals surface area contributed by atoms with Crippen molar-refractivity contribution in [3.05, 3.63) is 42.0 Å². The fourth-order valence-electron chi connectivity index (χ4n) is 1.03. The number of carbonyl (C=O) groups is 1. The summed E-state index contributed by atoms with van der Waals surface area (Å²) < 4.78 is 0. The average Bonchev–Trinajstić information content (AvgIpc) is 2.34. The molecule has 0 spiro atoms. The van der Waals surface area contributed by atoms with Gasteiger partial charge in [0, 0.05) is 0 Å². The lowest BCUT2D eigenvalue weighted by Crippen LogP contribution is -2.14. The minimum absolute atomic E-state index is 0.183. The van der Waals surface area contributed by atoms with E-state index in [2.05, 4.69) is 5.16 Å². The molecule has 0 radical (unpaired) electrons. The van der Waals surface area contributed by atoms with Crippen LogP contribution in [0.1, 0.15) is 5.56 Å². The highest BCUT2D eigenvalue weighted by Crippen LogP contribution is 2.00. The van der Waals surface area contributed by atoms with Gasteiger partial charge in [0.15, 0.2) is 5.71 Å². The van der Waals surface area contributed by atoms with E-state index in [0.29, 0.717) is 0 Å². The predicted octanol–water partition coefficient (Wildman–Crippen LogP) is 2.40. The van der Waals surface area contributed by atoms with Gasteiger partial charge in [0.2, 0.25) is 0 Å². The number of carboxylic acid groups (broad SMARTS) is 1. The normalized spacial score (nSPS) is 11.7. The van der Waals surface area contributed by atoms with Gasteiger partial charge in [-0.25, -0.2) is 4.79 Å². The van der Waals surface area contributed by atoms with E-state index < -0.39 is 5.97 Å². The maximum Gasteiger partial charge on any atom is 0.354 e. The summed E-state index contributed by atoms with van der Waals surface area (Å²) >= 11 is 5.36. The molecule has 1 rings (SSSR count). The highest BCUT2D eigenvalue weighted by Gasteiger charge is 2.07. The molecule has 0 heterocycles. The quantitative estimate of drug-likeness (QED) is 0.367. The molecule has 17 heavy (non-hydrogen) atoms. The monoisotopic (exact) mass is 253 g/mol. The summed E-state index contributed by atoms with van der Waals surface area (Å²) in [5.74, 6) is -1.36. The van der Waals surface area contributed by atoms with Crippen LogP contribution in [0.15, 0.2) is 41.6 Å². The molecule has 0 atom stereocenters. The number of carboxylic acids is 1. The van der Waals surface area contributed by atoms with Crippen LogP contribution in [0.4, 0.5) is 0 Å². The van der Waals surface area contributed by atoms with Crippen LogP contribution in [-0.2, 0) is 9.63 Å². The Balaban J connectivity index is 2.38. The number of oxime groups is 1. The molecule has 0 amide bonds. The summed E-state index contributed by atoms with van der Waals surface area (Å²) in [6.45, 7) is 0.197. The van der Waals surface area contributed by atoms with E-state index in [4.69, 9.17) is 21.5 Å². The smallest absolute Gasteiger partial charge is 0.354 e. The molecule has 0 unspecified atom stereocenters. The Morgan fingerprint density at radius 1 is 1.41 bits per heavy atom. The van der Waals surface area contributed by atoms with Crippen LogP contribution in [0.25, 0.3) is 6.08 Å². The molecule has 0 saturated heterocycles. The molecule has 1 N–H and O–H groups in total.